The summed E-state index contributed by atoms with van der Waals surface area (Å²) in [6, 6.07) is 15.2. The van der Waals surface area contributed by atoms with Crippen LogP contribution in [-0.2, 0) is 0 Å². The molecule has 6 heteroatoms. The van der Waals surface area contributed by atoms with E-state index >= 15 is 0 Å². The molecule has 148 valence electrons. The minimum absolute atomic E-state index is 0.0192. The van der Waals surface area contributed by atoms with Gasteiger partial charge in [0.25, 0.3) is 0 Å². The number of rotatable bonds is 4. The quantitative estimate of drug-likeness (QED) is 0.624. The Morgan fingerprint density at radius 1 is 1.07 bits per heavy atom. The van der Waals surface area contributed by atoms with Gasteiger partial charge in [0.2, 0.25) is 0 Å². The van der Waals surface area contributed by atoms with Gasteiger partial charge < -0.3 is 9.47 Å². The van der Waals surface area contributed by atoms with Crippen LogP contribution in [0.25, 0.3) is 5.82 Å². The average molecular weight is 404 g/mol. The number of hydrogen-bond acceptors (Lipinski definition) is 5. The molecular formula is C23H25N5S. The van der Waals surface area contributed by atoms with Crippen LogP contribution in [-0.4, -0.2) is 36.4 Å². The van der Waals surface area contributed by atoms with Crippen LogP contribution in [0, 0.1) is 13.8 Å². The molecule has 1 saturated heterocycles. The molecule has 3 aromatic heterocycles. The van der Waals surface area contributed by atoms with Gasteiger partial charge in [-0.1, -0.05) is 30.8 Å². The first-order chi connectivity index (χ1) is 14.2. The standard InChI is InChI=1S/C23H25N5S/c1-4-17-14-29-23-26-21(19-9-5-7-11-24-19)22(28(17)23)18-13-15(2)27(16(18)3)20-10-6-8-12-25-20/h5-13,17,21-22H,4,14H2,1-3H3/t17-,21+,22-/m1/s1. The number of amidine groups is 1. The van der Waals surface area contributed by atoms with Gasteiger partial charge in [0.05, 0.1) is 11.7 Å². The molecule has 0 saturated carbocycles. The van der Waals surface area contributed by atoms with E-state index in [-0.39, 0.29) is 12.1 Å². The van der Waals surface area contributed by atoms with Crippen LogP contribution in [0.15, 0.2) is 59.9 Å². The summed E-state index contributed by atoms with van der Waals surface area (Å²) in [6.07, 6.45) is 4.85. The fourth-order valence-electron chi connectivity index (χ4n) is 4.61. The molecule has 0 bridgehead atoms. The molecule has 3 atom stereocenters. The van der Waals surface area contributed by atoms with Crippen LogP contribution in [0.5, 0.6) is 0 Å². The zero-order valence-electron chi connectivity index (χ0n) is 17.0. The van der Waals surface area contributed by atoms with Crippen molar-refractivity contribution in [1.29, 1.82) is 0 Å². The lowest BCUT2D eigenvalue weighted by atomic mass is 9.95. The molecule has 2 aliphatic rings. The normalized spacial score (nSPS) is 23.3. The lowest BCUT2D eigenvalue weighted by Gasteiger charge is -2.32. The largest absolute Gasteiger partial charge is 0.338 e. The highest BCUT2D eigenvalue weighted by Crippen LogP contribution is 2.49. The van der Waals surface area contributed by atoms with Crippen LogP contribution in [0.2, 0.25) is 0 Å². The van der Waals surface area contributed by atoms with Gasteiger partial charge in [-0.15, -0.1) is 0 Å². The molecule has 0 N–H and O–H groups in total. The highest BCUT2D eigenvalue weighted by Gasteiger charge is 2.46. The zero-order valence-corrected chi connectivity index (χ0v) is 17.8. The average Bonchev–Trinajstić information content (AvgIpc) is 3.40. The Balaban J connectivity index is 1.64. The number of aromatic nitrogens is 3. The van der Waals surface area contributed by atoms with E-state index in [0.29, 0.717) is 6.04 Å². The molecule has 2 aliphatic heterocycles. The van der Waals surface area contributed by atoms with Crippen molar-refractivity contribution < 1.29 is 0 Å². The maximum absolute atomic E-state index is 5.15. The number of thioether (sulfide) groups is 1. The van der Waals surface area contributed by atoms with Crippen molar-refractivity contribution in [3.05, 3.63) is 77.5 Å². The van der Waals surface area contributed by atoms with Crippen molar-refractivity contribution in [1.82, 2.24) is 19.4 Å². The summed E-state index contributed by atoms with van der Waals surface area (Å²) >= 11 is 1.88. The van der Waals surface area contributed by atoms with Crippen molar-refractivity contribution in [2.75, 3.05) is 5.75 Å². The third-order valence-corrected chi connectivity index (χ3v) is 7.12. The Morgan fingerprint density at radius 3 is 2.55 bits per heavy atom. The summed E-state index contributed by atoms with van der Waals surface area (Å²) in [4.78, 5) is 17.0. The van der Waals surface area contributed by atoms with E-state index in [1.807, 2.05) is 42.4 Å². The van der Waals surface area contributed by atoms with Gasteiger partial charge in [-0.2, -0.15) is 0 Å². The summed E-state index contributed by atoms with van der Waals surface area (Å²) < 4.78 is 2.26. The summed E-state index contributed by atoms with van der Waals surface area (Å²) in [5, 5.41) is 1.17. The minimum Gasteiger partial charge on any atom is -0.338 e. The second-order valence-corrected chi connectivity index (χ2v) is 8.67. The number of pyridine rings is 2. The molecule has 3 aromatic rings. The predicted octanol–water partition coefficient (Wildman–Crippen LogP) is 4.86. The lowest BCUT2D eigenvalue weighted by molar-refractivity contribution is 0.254. The second kappa shape index (κ2) is 7.34. The van der Waals surface area contributed by atoms with Crippen LogP contribution in [0.1, 0.15) is 48.1 Å². The number of hydrogen-bond donors (Lipinski definition) is 0. The molecule has 0 aromatic carbocycles. The summed E-state index contributed by atoms with van der Waals surface area (Å²) in [6.45, 7) is 6.64. The Kier molecular flexibility index (Phi) is 4.66. The molecule has 29 heavy (non-hydrogen) atoms. The maximum Gasteiger partial charge on any atom is 0.160 e. The maximum atomic E-state index is 5.15. The Labute approximate surface area is 175 Å². The minimum atomic E-state index is 0.0192. The molecule has 0 amide bonds. The molecule has 0 aliphatic carbocycles. The van der Waals surface area contributed by atoms with E-state index in [4.69, 9.17) is 4.99 Å². The lowest BCUT2D eigenvalue weighted by Crippen LogP contribution is -2.35. The van der Waals surface area contributed by atoms with Crippen LogP contribution < -0.4 is 0 Å². The second-order valence-electron chi connectivity index (χ2n) is 7.69. The van der Waals surface area contributed by atoms with Gasteiger partial charge in [-0.3, -0.25) is 9.98 Å². The summed E-state index contributed by atoms with van der Waals surface area (Å²) in [7, 11) is 0. The SMILES string of the molecule is CC[C@@H]1CSC2=N[C@@H](c3ccccn3)[C@@H](c3cc(C)n(-c4ccccn4)c3C)N21. The third kappa shape index (κ3) is 2.97. The van der Waals surface area contributed by atoms with E-state index in [2.05, 4.69) is 64.5 Å². The molecule has 1 fully saturated rings. The number of nitrogens with zero attached hydrogens (tertiary/aromatic N) is 5. The van der Waals surface area contributed by atoms with Crippen molar-refractivity contribution in [3.63, 3.8) is 0 Å². The smallest absolute Gasteiger partial charge is 0.160 e. The monoisotopic (exact) mass is 403 g/mol. The van der Waals surface area contributed by atoms with E-state index in [1.54, 1.807) is 0 Å². The van der Waals surface area contributed by atoms with E-state index < -0.39 is 0 Å². The number of aryl methyl sites for hydroxylation is 1. The Morgan fingerprint density at radius 2 is 1.86 bits per heavy atom. The van der Waals surface area contributed by atoms with Gasteiger partial charge in [0.15, 0.2) is 5.17 Å². The topological polar surface area (TPSA) is 46.3 Å². The summed E-state index contributed by atoms with van der Waals surface area (Å²) in [5.41, 5.74) is 4.79. The molecular weight excluding hydrogens is 378 g/mol. The van der Waals surface area contributed by atoms with Crippen molar-refractivity contribution >= 4 is 16.9 Å². The van der Waals surface area contributed by atoms with E-state index in [0.717, 1.165) is 23.7 Å². The third-order valence-electron chi connectivity index (χ3n) is 6.00. The van der Waals surface area contributed by atoms with Crippen molar-refractivity contribution in [2.24, 2.45) is 4.99 Å². The van der Waals surface area contributed by atoms with Crippen molar-refractivity contribution in [3.8, 4) is 5.82 Å². The van der Waals surface area contributed by atoms with E-state index in [1.165, 1.54) is 22.1 Å². The van der Waals surface area contributed by atoms with Gasteiger partial charge in [0.1, 0.15) is 11.9 Å². The first-order valence-electron chi connectivity index (χ1n) is 10.2. The van der Waals surface area contributed by atoms with Gasteiger partial charge in [0, 0.05) is 35.6 Å². The van der Waals surface area contributed by atoms with Crippen molar-refractivity contribution in [2.45, 2.75) is 45.3 Å². The fourth-order valence-corrected chi connectivity index (χ4v) is 5.95. The first-order valence-corrected chi connectivity index (χ1v) is 11.2. The molecule has 0 spiro atoms. The first kappa shape index (κ1) is 18.4. The predicted molar refractivity (Wildman–Crippen MR) is 119 cm³/mol. The van der Waals surface area contributed by atoms with Crippen LogP contribution in [0.4, 0.5) is 0 Å². The summed E-state index contributed by atoms with van der Waals surface area (Å²) in [5.74, 6) is 2.07. The number of fused-ring (bicyclic) bond motifs is 1. The Hall–Kier alpha value is -2.60. The molecule has 5 nitrogen and oxygen atoms in total. The van der Waals surface area contributed by atoms with Crippen LogP contribution in [0.3, 0.4) is 0 Å². The molecule has 0 unspecified atom stereocenters. The van der Waals surface area contributed by atoms with Gasteiger partial charge in [-0.25, -0.2) is 4.98 Å². The molecule has 5 rings (SSSR count). The van der Waals surface area contributed by atoms with Gasteiger partial charge in [-0.05, 0) is 56.2 Å². The highest BCUT2D eigenvalue weighted by molar-refractivity contribution is 8.14. The van der Waals surface area contributed by atoms with Crippen LogP contribution >= 0.6 is 11.8 Å². The zero-order chi connectivity index (χ0) is 20.0. The van der Waals surface area contributed by atoms with E-state index in [9.17, 15) is 0 Å². The Bertz CT molecular complexity index is 1040. The van der Waals surface area contributed by atoms with Gasteiger partial charge >= 0.3 is 0 Å². The molecule has 5 heterocycles. The number of aliphatic imine (C=N–C) groups is 1. The fraction of sp³-hybridized carbons (Fsp3) is 0.348. The molecule has 0 radical (unpaired) electrons. The highest BCUT2D eigenvalue weighted by atomic mass is 32.2.